The summed E-state index contributed by atoms with van der Waals surface area (Å²) in [4.78, 5) is 13.5. The number of benzene rings is 2. The van der Waals surface area contributed by atoms with Gasteiger partial charge in [-0.3, -0.25) is 4.79 Å². The summed E-state index contributed by atoms with van der Waals surface area (Å²) in [5.41, 5.74) is 2.67. The van der Waals surface area contributed by atoms with E-state index in [2.05, 4.69) is 61.5 Å². The summed E-state index contributed by atoms with van der Waals surface area (Å²) in [6.45, 7) is 6.71. The molecule has 0 spiro atoms. The number of carbonyl (C=O) groups excluding carboxylic acids is 1. The molecule has 1 unspecified atom stereocenters. The van der Waals surface area contributed by atoms with Crippen LogP contribution in [0.1, 0.15) is 56.3 Å². The van der Waals surface area contributed by atoms with Crippen molar-refractivity contribution in [3.63, 3.8) is 0 Å². The maximum absolute atomic E-state index is 13.5. The number of nitrogens with zero attached hydrogens (tertiary/aromatic N) is 4. The Morgan fingerprint density at radius 1 is 1.13 bits per heavy atom. The Morgan fingerprint density at radius 3 is 2.59 bits per heavy atom. The molecule has 204 valence electrons. The Hall–Kier alpha value is -3.86. The first kappa shape index (κ1) is 25.4. The smallest absolute Gasteiger partial charge is 0.395 e. The number of aromatic nitrogens is 5. The van der Waals surface area contributed by atoms with Crippen molar-refractivity contribution in [2.45, 2.75) is 76.2 Å². The summed E-state index contributed by atoms with van der Waals surface area (Å²) in [5, 5.41) is 25.6. The maximum atomic E-state index is 13.5. The van der Waals surface area contributed by atoms with Crippen molar-refractivity contribution in [3.05, 3.63) is 65.1 Å². The van der Waals surface area contributed by atoms with Crippen LogP contribution in [0.2, 0.25) is 0 Å². The number of alkyl halides is 2. The number of rotatable bonds is 8. The second-order valence-corrected chi connectivity index (χ2v) is 11.5. The van der Waals surface area contributed by atoms with Crippen molar-refractivity contribution in [2.75, 3.05) is 0 Å². The number of aliphatic hydroxyl groups excluding tert-OH is 1. The first-order chi connectivity index (χ1) is 18.4. The number of Topliss-reactive ketones (excluding diaryl/α,β-unsaturated/α-hetero) is 1. The van der Waals surface area contributed by atoms with Gasteiger partial charge in [0.1, 0.15) is 5.78 Å². The largest absolute Gasteiger partial charge is 0.586 e. The molecule has 0 saturated heterocycles. The number of aliphatic hydroxyl groups is 1. The summed E-state index contributed by atoms with van der Waals surface area (Å²) < 4.78 is 38.2. The Labute approximate surface area is 223 Å². The Kier molecular flexibility index (Phi) is 5.76. The minimum Gasteiger partial charge on any atom is -0.395 e. The molecular formula is C28H29F2N5O4. The molecule has 1 fully saturated rings. The van der Waals surface area contributed by atoms with Crippen LogP contribution in [0.4, 0.5) is 8.78 Å². The Morgan fingerprint density at radius 2 is 1.90 bits per heavy atom. The van der Waals surface area contributed by atoms with Crippen molar-refractivity contribution in [3.8, 4) is 11.5 Å². The van der Waals surface area contributed by atoms with E-state index < -0.39 is 17.8 Å². The third-order valence-corrected chi connectivity index (χ3v) is 7.54. The molecule has 11 heteroatoms. The molecule has 6 rings (SSSR count). The summed E-state index contributed by atoms with van der Waals surface area (Å²) in [5.74, 6) is 0.412. The lowest BCUT2D eigenvalue weighted by molar-refractivity contribution is -0.286. The standard InChI is InChI=1S/C28H29F2N5O4/c1-26(2,3)23-12-17-10-16(4-6-20(17)35(23)15-19(36)14-25-31-33-34-32-25)11-24(37)27(8-9-27)18-5-7-21-22(13-18)39-28(29,30)38-21/h4-7,10,12-13,19,36H,8-9,11,14-15H2,1-3H3,(H,31,32,33,34). The fourth-order valence-corrected chi connectivity index (χ4v) is 5.46. The highest BCUT2D eigenvalue weighted by Crippen LogP contribution is 2.52. The summed E-state index contributed by atoms with van der Waals surface area (Å²) >= 11 is 0. The van der Waals surface area contributed by atoms with Gasteiger partial charge in [0, 0.05) is 41.4 Å². The van der Waals surface area contributed by atoms with Gasteiger partial charge in [0.2, 0.25) is 0 Å². The molecule has 2 aromatic heterocycles. The Bertz CT molecular complexity index is 1550. The zero-order valence-corrected chi connectivity index (χ0v) is 21.9. The first-order valence-electron chi connectivity index (χ1n) is 12.9. The number of halogens is 2. The number of fused-ring (bicyclic) bond motifs is 2. The van der Waals surface area contributed by atoms with Crippen LogP contribution >= 0.6 is 0 Å². The molecule has 1 aliphatic heterocycles. The Balaban J connectivity index is 1.24. The minimum atomic E-state index is -3.69. The number of ether oxygens (including phenoxy) is 2. The van der Waals surface area contributed by atoms with E-state index in [9.17, 15) is 18.7 Å². The van der Waals surface area contributed by atoms with E-state index in [1.54, 1.807) is 6.07 Å². The lowest BCUT2D eigenvalue weighted by Gasteiger charge is -2.23. The van der Waals surface area contributed by atoms with Crippen molar-refractivity contribution in [2.24, 2.45) is 0 Å². The number of carbonyl (C=O) groups is 1. The summed E-state index contributed by atoms with van der Waals surface area (Å²) in [6, 6.07) is 12.7. The highest BCUT2D eigenvalue weighted by molar-refractivity contribution is 5.95. The average Bonchev–Trinajstić information content (AvgIpc) is 3.18. The lowest BCUT2D eigenvalue weighted by Crippen LogP contribution is -2.26. The van der Waals surface area contributed by atoms with Crippen LogP contribution in [0, 0.1) is 0 Å². The quantitative estimate of drug-likeness (QED) is 0.346. The van der Waals surface area contributed by atoms with E-state index in [1.807, 2.05) is 18.2 Å². The van der Waals surface area contributed by atoms with E-state index in [1.165, 1.54) is 12.1 Å². The van der Waals surface area contributed by atoms with Gasteiger partial charge in [0.15, 0.2) is 17.3 Å². The van der Waals surface area contributed by atoms with Crippen molar-refractivity contribution >= 4 is 16.7 Å². The van der Waals surface area contributed by atoms with Crippen molar-refractivity contribution < 1.29 is 28.2 Å². The first-order valence-corrected chi connectivity index (χ1v) is 12.9. The van der Waals surface area contributed by atoms with Crippen LogP contribution in [0.15, 0.2) is 42.5 Å². The molecule has 2 N–H and O–H groups in total. The predicted octanol–water partition coefficient (Wildman–Crippen LogP) is 4.22. The molecule has 9 nitrogen and oxygen atoms in total. The molecule has 0 amide bonds. The van der Waals surface area contributed by atoms with Crippen LogP contribution in [0.25, 0.3) is 10.9 Å². The van der Waals surface area contributed by atoms with Gasteiger partial charge in [-0.1, -0.05) is 38.1 Å². The fourth-order valence-electron chi connectivity index (χ4n) is 5.46. The highest BCUT2D eigenvalue weighted by atomic mass is 19.3. The van der Waals surface area contributed by atoms with Gasteiger partial charge in [-0.05, 0) is 54.3 Å². The summed E-state index contributed by atoms with van der Waals surface area (Å²) in [6.07, 6.45) is -2.59. The number of hydrogen-bond acceptors (Lipinski definition) is 7. The SMILES string of the molecule is CC(C)(C)c1cc2cc(CC(=O)C3(c4ccc5c(c4)OC(F)(F)O5)CC3)ccc2n1CC(O)Cc1nn[nH]n1. The molecule has 0 bridgehead atoms. The number of nitrogens with one attached hydrogen (secondary N) is 1. The molecule has 2 aliphatic rings. The summed E-state index contributed by atoms with van der Waals surface area (Å²) in [7, 11) is 0. The van der Waals surface area contributed by atoms with E-state index in [-0.39, 0.29) is 35.5 Å². The van der Waals surface area contributed by atoms with Crippen LogP contribution in [-0.2, 0) is 35.0 Å². The number of aromatic amines is 1. The molecule has 4 aromatic rings. The average molecular weight is 538 g/mol. The topological polar surface area (TPSA) is 115 Å². The molecular weight excluding hydrogens is 508 g/mol. The molecule has 1 aliphatic carbocycles. The molecule has 39 heavy (non-hydrogen) atoms. The number of H-pyrrole nitrogens is 1. The number of hydrogen-bond donors (Lipinski definition) is 2. The zero-order chi connectivity index (χ0) is 27.6. The van der Waals surface area contributed by atoms with Gasteiger partial charge in [0.05, 0.1) is 11.5 Å². The van der Waals surface area contributed by atoms with E-state index in [4.69, 9.17) is 0 Å². The monoisotopic (exact) mass is 537 g/mol. The van der Waals surface area contributed by atoms with Crippen LogP contribution in [0.3, 0.4) is 0 Å². The highest BCUT2D eigenvalue weighted by Gasteiger charge is 2.52. The molecule has 0 radical (unpaired) electrons. The van der Waals surface area contributed by atoms with Crippen LogP contribution < -0.4 is 9.47 Å². The third-order valence-electron chi connectivity index (χ3n) is 7.54. The van der Waals surface area contributed by atoms with Gasteiger partial charge in [-0.15, -0.1) is 19.0 Å². The van der Waals surface area contributed by atoms with Gasteiger partial charge >= 0.3 is 6.29 Å². The lowest BCUT2D eigenvalue weighted by atomic mass is 9.87. The number of ketones is 1. The van der Waals surface area contributed by atoms with Crippen LogP contribution in [-0.4, -0.2) is 48.5 Å². The van der Waals surface area contributed by atoms with E-state index >= 15 is 0 Å². The fraction of sp³-hybridized carbons (Fsp3) is 0.429. The van der Waals surface area contributed by atoms with E-state index in [0.717, 1.165) is 22.2 Å². The second kappa shape index (κ2) is 8.84. The van der Waals surface area contributed by atoms with Gasteiger partial charge in [-0.2, -0.15) is 5.21 Å². The predicted molar refractivity (Wildman–Crippen MR) is 137 cm³/mol. The molecule has 1 atom stereocenters. The minimum absolute atomic E-state index is 0.0287. The van der Waals surface area contributed by atoms with Crippen LogP contribution in [0.5, 0.6) is 11.5 Å². The maximum Gasteiger partial charge on any atom is 0.586 e. The zero-order valence-electron chi connectivity index (χ0n) is 21.9. The van der Waals surface area contributed by atoms with Gasteiger partial charge in [0.25, 0.3) is 0 Å². The normalized spacial score (nSPS) is 17.9. The van der Waals surface area contributed by atoms with E-state index in [0.29, 0.717) is 30.8 Å². The van der Waals surface area contributed by atoms with Gasteiger partial charge in [-0.25, -0.2) is 0 Å². The van der Waals surface area contributed by atoms with Gasteiger partial charge < -0.3 is 19.1 Å². The molecule has 2 aromatic carbocycles. The third kappa shape index (κ3) is 4.75. The molecule has 1 saturated carbocycles. The number of tetrazole rings is 1. The second-order valence-electron chi connectivity index (χ2n) is 11.5. The molecule has 3 heterocycles. The van der Waals surface area contributed by atoms with Crippen molar-refractivity contribution in [1.82, 2.24) is 25.2 Å². The van der Waals surface area contributed by atoms with Crippen molar-refractivity contribution in [1.29, 1.82) is 0 Å².